The Bertz CT molecular complexity index is 2260. The summed E-state index contributed by atoms with van der Waals surface area (Å²) in [5, 5.41) is 3.27. The Morgan fingerprint density at radius 1 is 0.815 bits per heavy atom. The monoisotopic (exact) mass is 821 g/mol. The van der Waals surface area contributed by atoms with Gasteiger partial charge in [0.1, 0.15) is 12.2 Å². The van der Waals surface area contributed by atoms with E-state index >= 15 is 0 Å². The zero-order valence-electron chi connectivity index (χ0n) is 29.2. The van der Waals surface area contributed by atoms with Crippen LogP contribution in [0.5, 0.6) is 11.5 Å². The van der Waals surface area contributed by atoms with Crippen molar-refractivity contribution >= 4 is 74.4 Å². The van der Waals surface area contributed by atoms with Gasteiger partial charge in [0.25, 0.3) is 11.8 Å². The van der Waals surface area contributed by atoms with Crippen molar-refractivity contribution in [3.05, 3.63) is 157 Å². The van der Waals surface area contributed by atoms with Gasteiger partial charge >= 0.3 is 6.03 Å². The van der Waals surface area contributed by atoms with Crippen LogP contribution < -0.4 is 24.6 Å². The Labute approximate surface area is 331 Å². The van der Waals surface area contributed by atoms with Crippen LogP contribution >= 0.6 is 39.1 Å². The Balaban J connectivity index is 1.18. The molecule has 0 aliphatic carbocycles. The lowest BCUT2D eigenvalue weighted by atomic mass is 9.76. The van der Waals surface area contributed by atoms with Gasteiger partial charge in [-0.1, -0.05) is 89.9 Å². The third-order valence-electron chi connectivity index (χ3n) is 10.3. The van der Waals surface area contributed by atoms with Gasteiger partial charge in [0, 0.05) is 30.6 Å². The summed E-state index contributed by atoms with van der Waals surface area (Å²) in [6.07, 6.45) is 3.24. The van der Waals surface area contributed by atoms with Crippen molar-refractivity contribution in [1.29, 1.82) is 0 Å². The quantitative estimate of drug-likeness (QED) is 0.124. The molecule has 1 N–H and O–H groups in total. The fourth-order valence-corrected chi connectivity index (χ4v) is 8.67. The molecule has 0 saturated carbocycles. The predicted octanol–water partition coefficient (Wildman–Crippen LogP) is 9.89. The molecule has 54 heavy (non-hydrogen) atoms. The summed E-state index contributed by atoms with van der Waals surface area (Å²) in [4.78, 5) is 44.9. The highest BCUT2D eigenvalue weighted by molar-refractivity contribution is 9.10. The number of carbonyl (C=O) groups excluding carboxylic acids is 3. The number of urea groups is 1. The highest BCUT2D eigenvalue weighted by Crippen LogP contribution is 2.50. The normalized spacial score (nSPS) is 18.7. The number of imide groups is 2. The predicted molar refractivity (Wildman–Crippen MR) is 215 cm³/mol. The van der Waals surface area contributed by atoms with Gasteiger partial charge in [0.2, 0.25) is 0 Å². The zero-order valence-corrected chi connectivity index (χ0v) is 32.2. The number of amides is 4. The van der Waals surface area contributed by atoms with Crippen molar-refractivity contribution in [3.8, 4) is 11.5 Å². The van der Waals surface area contributed by atoms with Crippen molar-refractivity contribution in [2.24, 2.45) is 0 Å². The molecule has 5 aromatic carbocycles. The molecule has 3 aliphatic rings. The minimum atomic E-state index is -0.796. The van der Waals surface area contributed by atoms with Gasteiger partial charge in [-0.15, -0.1) is 0 Å². The first-order valence-electron chi connectivity index (χ1n) is 17.6. The molecular weight excluding hydrogens is 789 g/mol. The van der Waals surface area contributed by atoms with Crippen LogP contribution in [0.3, 0.4) is 0 Å². The van der Waals surface area contributed by atoms with Crippen LogP contribution in [0, 0.1) is 0 Å². The molecule has 8 rings (SSSR count). The van der Waals surface area contributed by atoms with Crippen LogP contribution in [0.2, 0.25) is 10.0 Å². The van der Waals surface area contributed by atoms with Gasteiger partial charge in [-0.25, -0.2) is 9.69 Å². The highest BCUT2D eigenvalue weighted by atomic mass is 79.9. The molecule has 1 saturated heterocycles. The van der Waals surface area contributed by atoms with E-state index in [0.29, 0.717) is 37.3 Å². The van der Waals surface area contributed by atoms with Gasteiger partial charge in [-0.2, -0.15) is 0 Å². The summed E-state index contributed by atoms with van der Waals surface area (Å²) < 4.78 is 12.3. The third-order valence-corrected chi connectivity index (χ3v) is 11.6. The molecule has 1 fully saturated rings. The van der Waals surface area contributed by atoms with Gasteiger partial charge < -0.3 is 14.4 Å². The van der Waals surface area contributed by atoms with Gasteiger partial charge in [-0.05, 0) is 105 Å². The van der Waals surface area contributed by atoms with E-state index in [-0.39, 0.29) is 24.0 Å². The lowest BCUT2D eigenvalue weighted by Crippen LogP contribution is -2.54. The number of ether oxygens (including phenoxy) is 2. The number of hydrogen-bond donors (Lipinski definition) is 1. The Morgan fingerprint density at radius 3 is 2.04 bits per heavy atom. The molecule has 3 heterocycles. The molecule has 4 amide bonds. The van der Waals surface area contributed by atoms with Crippen LogP contribution in [0.1, 0.15) is 58.1 Å². The SMILES string of the molecule is COc1cc(/C=C2\C(=O)NC(=O)N(c3cc4c5c(c3)[C@H](c3ccccc3)CCN5CC[C@@H]4c3ccccc3)C2=O)cc(Br)c1OCc1ccc(Cl)c(Cl)c1. The largest absolute Gasteiger partial charge is 0.493 e. The van der Waals surface area contributed by atoms with Gasteiger partial charge in [0.15, 0.2) is 11.5 Å². The fourth-order valence-electron chi connectivity index (χ4n) is 7.78. The average molecular weight is 824 g/mol. The molecule has 272 valence electrons. The van der Waals surface area contributed by atoms with Crippen molar-refractivity contribution in [2.75, 3.05) is 30.0 Å². The molecule has 3 aliphatic heterocycles. The number of nitrogens with zero attached hydrogens (tertiary/aromatic N) is 2. The van der Waals surface area contributed by atoms with Gasteiger partial charge in [-0.3, -0.25) is 14.9 Å². The maximum absolute atomic E-state index is 14.4. The summed E-state index contributed by atoms with van der Waals surface area (Å²) >= 11 is 15.8. The van der Waals surface area contributed by atoms with E-state index in [0.717, 1.165) is 53.2 Å². The summed E-state index contributed by atoms with van der Waals surface area (Å²) in [5.74, 6) is -0.599. The summed E-state index contributed by atoms with van der Waals surface area (Å²) in [6.45, 7) is 1.99. The molecule has 2 atom stereocenters. The van der Waals surface area contributed by atoms with E-state index < -0.39 is 17.8 Å². The zero-order chi connectivity index (χ0) is 37.5. The van der Waals surface area contributed by atoms with E-state index in [9.17, 15) is 14.4 Å². The topological polar surface area (TPSA) is 88.2 Å². The lowest BCUT2D eigenvalue weighted by molar-refractivity contribution is -0.122. The van der Waals surface area contributed by atoms with E-state index in [4.69, 9.17) is 32.7 Å². The second-order valence-electron chi connectivity index (χ2n) is 13.5. The number of carbonyl (C=O) groups is 3. The molecule has 0 radical (unpaired) electrons. The second kappa shape index (κ2) is 15.0. The Hall–Kier alpha value is -5.09. The molecule has 0 bridgehead atoms. The first kappa shape index (κ1) is 35.9. The van der Waals surface area contributed by atoms with Crippen LogP contribution in [-0.4, -0.2) is 38.0 Å². The molecule has 5 aromatic rings. The Morgan fingerprint density at radius 2 is 1.44 bits per heavy atom. The third kappa shape index (κ3) is 6.76. The van der Waals surface area contributed by atoms with Crippen LogP contribution in [0.15, 0.2) is 113 Å². The maximum atomic E-state index is 14.4. The lowest BCUT2D eigenvalue weighted by Gasteiger charge is -2.44. The van der Waals surface area contributed by atoms with Crippen molar-refractivity contribution in [2.45, 2.75) is 31.3 Å². The molecule has 0 spiro atoms. The highest BCUT2D eigenvalue weighted by Gasteiger charge is 2.40. The smallest absolute Gasteiger partial charge is 0.335 e. The van der Waals surface area contributed by atoms with Crippen LogP contribution in [0.25, 0.3) is 6.08 Å². The number of halogens is 3. The molecule has 8 nitrogen and oxygen atoms in total. The minimum absolute atomic E-state index is 0.0625. The summed E-state index contributed by atoms with van der Waals surface area (Å²) in [6, 6.07) is 32.4. The number of anilines is 2. The number of nitrogens with one attached hydrogen (secondary N) is 1. The molecular formula is C43H34BrCl2N3O5. The van der Waals surface area contributed by atoms with E-state index in [1.807, 2.05) is 54.6 Å². The summed E-state index contributed by atoms with van der Waals surface area (Å²) in [7, 11) is 1.50. The standard InChI is InChI=1S/C43H34BrCl2N3O5/c1-53-38-21-26(19-35(44)40(38)54-24-25-12-13-36(45)37(46)20-25)18-34-41(50)47-43(52)49(42(34)51)29-22-32-30(27-8-4-2-5-9-27)14-16-48-17-15-31(33(23-29)39(32)48)28-10-6-3-7-11-28/h2-13,18-23,30-31H,14-17,24H2,1H3,(H,47,50,52)/b34-18+/t30-,31+. The van der Waals surface area contributed by atoms with E-state index in [1.54, 1.807) is 24.3 Å². The second-order valence-corrected chi connectivity index (χ2v) is 15.2. The van der Waals surface area contributed by atoms with Crippen molar-refractivity contribution < 1.29 is 23.9 Å². The van der Waals surface area contributed by atoms with E-state index in [2.05, 4.69) is 50.4 Å². The first-order chi connectivity index (χ1) is 26.2. The van der Waals surface area contributed by atoms with Crippen molar-refractivity contribution in [1.82, 2.24) is 5.32 Å². The molecule has 11 heteroatoms. The molecule has 0 unspecified atom stereocenters. The average Bonchev–Trinajstić information content (AvgIpc) is 3.18. The number of barbiturate groups is 1. The number of methoxy groups -OCH3 is 1. The van der Waals surface area contributed by atoms with Crippen LogP contribution in [-0.2, 0) is 16.2 Å². The summed E-state index contributed by atoms with van der Waals surface area (Å²) in [5.41, 5.74) is 7.14. The minimum Gasteiger partial charge on any atom is -0.493 e. The fraction of sp³-hybridized carbons (Fsp3) is 0.186. The van der Waals surface area contributed by atoms with Crippen LogP contribution in [0.4, 0.5) is 16.2 Å². The first-order valence-corrected chi connectivity index (χ1v) is 19.1. The molecule has 0 aromatic heterocycles. The number of rotatable bonds is 8. The van der Waals surface area contributed by atoms with Gasteiger partial charge in [0.05, 0.1) is 27.3 Å². The Kier molecular flexibility index (Phi) is 9.96. The van der Waals surface area contributed by atoms with E-state index in [1.165, 1.54) is 24.3 Å². The maximum Gasteiger partial charge on any atom is 0.335 e. The number of benzene rings is 5. The van der Waals surface area contributed by atoms with Crippen molar-refractivity contribution in [3.63, 3.8) is 0 Å². The number of hydrogen-bond acceptors (Lipinski definition) is 6.